The summed E-state index contributed by atoms with van der Waals surface area (Å²) in [4.78, 5) is 4.37. The minimum Gasteiger partial charge on any atom is -0.312 e. The van der Waals surface area contributed by atoms with E-state index in [1.807, 2.05) is 11.7 Å². The average Bonchev–Trinajstić information content (AvgIpc) is 2.82. The summed E-state index contributed by atoms with van der Waals surface area (Å²) in [6.07, 6.45) is 3.62. The van der Waals surface area contributed by atoms with Crippen LogP contribution in [0.15, 0.2) is 36.7 Å². The van der Waals surface area contributed by atoms with Crippen LogP contribution in [0.3, 0.4) is 0 Å². The van der Waals surface area contributed by atoms with Crippen LogP contribution in [0.2, 0.25) is 0 Å². The summed E-state index contributed by atoms with van der Waals surface area (Å²) in [5, 5.41) is 7.79. The van der Waals surface area contributed by atoms with Gasteiger partial charge in [-0.05, 0) is 45.2 Å². The zero-order valence-electron chi connectivity index (χ0n) is 13.5. The van der Waals surface area contributed by atoms with E-state index >= 15 is 0 Å². The first kappa shape index (κ1) is 15.7. The summed E-state index contributed by atoms with van der Waals surface area (Å²) in [5.74, 6) is 1.56. The molecule has 1 aromatic carbocycles. The van der Waals surface area contributed by atoms with Gasteiger partial charge in [-0.15, -0.1) is 0 Å². The molecule has 0 aliphatic rings. The van der Waals surface area contributed by atoms with Crippen LogP contribution in [-0.2, 0) is 19.9 Å². The first-order valence-electron chi connectivity index (χ1n) is 7.56. The summed E-state index contributed by atoms with van der Waals surface area (Å²) >= 11 is 0. The molecule has 0 bridgehead atoms. The van der Waals surface area contributed by atoms with Crippen LogP contribution in [0.5, 0.6) is 0 Å². The lowest BCUT2D eigenvalue weighted by atomic mass is 9.94. The normalized spacial score (nSPS) is 13.3. The van der Waals surface area contributed by atoms with Crippen LogP contribution in [-0.4, -0.2) is 26.8 Å². The number of aryl methyl sites for hydroxylation is 1. The third kappa shape index (κ3) is 5.31. The Balaban J connectivity index is 2.04. The van der Waals surface area contributed by atoms with Gasteiger partial charge in [0, 0.05) is 19.0 Å². The Morgan fingerprint density at radius 2 is 1.86 bits per heavy atom. The van der Waals surface area contributed by atoms with Crippen molar-refractivity contribution in [1.82, 2.24) is 20.1 Å². The van der Waals surface area contributed by atoms with Gasteiger partial charge in [0.2, 0.25) is 0 Å². The van der Waals surface area contributed by atoms with Gasteiger partial charge in [-0.2, -0.15) is 5.10 Å². The summed E-state index contributed by atoms with van der Waals surface area (Å²) < 4.78 is 1.87. The standard InChI is InChI=1S/C17H26N4/c1-17(2,3)19-12-15(10-14-8-6-5-7-9-14)11-16-18-13-20-21(16)4/h5-9,13,15,19H,10-12H2,1-4H3. The Morgan fingerprint density at radius 3 is 2.43 bits per heavy atom. The number of nitrogens with zero attached hydrogens (tertiary/aromatic N) is 3. The molecule has 114 valence electrons. The number of aromatic nitrogens is 3. The van der Waals surface area contributed by atoms with E-state index in [4.69, 9.17) is 0 Å². The van der Waals surface area contributed by atoms with E-state index in [1.54, 1.807) is 6.33 Å². The molecule has 1 heterocycles. The lowest BCUT2D eigenvalue weighted by Crippen LogP contribution is -2.40. The Labute approximate surface area is 127 Å². The Morgan fingerprint density at radius 1 is 1.14 bits per heavy atom. The quantitative estimate of drug-likeness (QED) is 0.887. The van der Waals surface area contributed by atoms with Crippen LogP contribution in [0.1, 0.15) is 32.2 Å². The minimum absolute atomic E-state index is 0.134. The minimum atomic E-state index is 0.134. The second-order valence-electron chi connectivity index (χ2n) is 6.69. The molecular formula is C17H26N4. The molecule has 0 amide bonds. The molecule has 2 rings (SSSR count). The second-order valence-corrected chi connectivity index (χ2v) is 6.69. The van der Waals surface area contributed by atoms with Crippen molar-refractivity contribution in [3.05, 3.63) is 48.0 Å². The van der Waals surface area contributed by atoms with Gasteiger partial charge >= 0.3 is 0 Å². The van der Waals surface area contributed by atoms with Crippen molar-refractivity contribution in [2.45, 2.75) is 39.2 Å². The van der Waals surface area contributed by atoms with Gasteiger partial charge in [-0.25, -0.2) is 4.98 Å². The average molecular weight is 286 g/mol. The number of nitrogens with one attached hydrogen (secondary N) is 1. The molecule has 1 unspecified atom stereocenters. The third-order valence-corrected chi connectivity index (χ3v) is 3.56. The van der Waals surface area contributed by atoms with E-state index in [1.165, 1.54) is 5.56 Å². The summed E-state index contributed by atoms with van der Waals surface area (Å²) in [6, 6.07) is 10.7. The highest BCUT2D eigenvalue weighted by Gasteiger charge is 2.17. The van der Waals surface area contributed by atoms with Crippen LogP contribution in [0.4, 0.5) is 0 Å². The van der Waals surface area contributed by atoms with Crippen molar-refractivity contribution in [2.24, 2.45) is 13.0 Å². The second kappa shape index (κ2) is 6.85. The van der Waals surface area contributed by atoms with E-state index in [9.17, 15) is 0 Å². The van der Waals surface area contributed by atoms with Crippen molar-refractivity contribution in [2.75, 3.05) is 6.54 Å². The molecule has 0 fully saturated rings. The number of hydrogen-bond acceptors (Lipinski definition) is 3. The predicted molar refractivity (Wildman–Crippen MR) is 86.1 cm³/mol. The molecule has 1 N–H and O–H groups in total. The first-order chi connectivity index (χ1) is 9.94. The van der Waals surface area contributed by atoms with Gasteiger partial charge in [0.15, 0.2) is 0 Å². The highest BCUT2D eigenvalue weighted by atomic mass is 15.3. The molecular weight excluding hydrogens is 260 g/mol. The Kier molecular flexibility index (Phi) is 5.12. The number of hydrogen-bond donors (Lipinski definition) is 1. The fraction of sp³-hybridized carbons (Fsp3) is 0.529. The van der Waals surface area contributed by atoms with E-state index in [0.29, 0.717) is 5.92 Å². The fourth-order valence-electron chi connectivity index (χ4n) is 2.38. The van der Waals surface area contributed by atoms with Crippen LogP contribution < -0.4 is 5.32 Å². The highest BCUT2D eigenvalue weighted by Crippen LogP contribution is 2.14. The van der Waals surface area contributed by atoms with Gasteiger partial charge in [0.1, 0.15) is 12.2 Å². The Hall–Kier alpha value is -1.68. The van der Waals surface area contributed by atoms with Gasteiger partial charge in [0.25, 0.3) is 0 Å². The molecule has 1 aromatic heterocycles. The number of benzene rings is 1. The molecule has 0 saturated carbocycles. The zero-order chi connectivity index (χ0) is 15.3. The molecule has 21 heavy (non-hydrogen) atoms. The van der Waals surface area contributed by atoms with Crippen molar-refractivity contribution >= 4 is 0 Å². The first-order valence-corrected chi connectivity index (χ1v) is 7.56. The van der Waals surface area contributed by atoms with Crippen LogP contribution in [0.25, 0.3) is 0 Å². The maximum Gasteiger partial charge on any atom is 0.138 e. The van der Waals surface area contributed by atoms with E-state index < -0.39 is 0 Å². The van der Waals surface area contributed by atoms with E-state index in [-0.39, 0.29) is 5.54 Å². The Bertz CT molecular complexity index is 539. The maximum atomic E-state index is 4.37. The van der Waals surface area contributed by atoms with Gasteiger partial charge in [0.05, 0.1) is 0 Å². The summed E-state index contributed by atoms with van der Waals surface area (Å²) in [7, 11) is 1.96. The lowest BCUT2D eigenvalue weighted by molar-refractivity contribution is 0.362. The van der Waals surface area contributed by atoms with Crippen LogP contribution in [0, 0.1) is 5.92 Å². The third-order valence-electron chi connectivity index (χ3n) is 3.56. The van der Waals surface area contributed by atoms with Crippen molar-refractivity contribution < 1.29 is 0 Å². The summed E-state index contributed by atoms with van der Waals surface area (Å²) in [5.41, 5.74) is 1.51. The summed E-state index contributed by atoms with van der Waals surface area (Å²) in [6.45, 7) is 7.59. The maximum absolute atomic E-state index is 4.37. The van der Waals surface area contributed by atoms with Crippen molar-refractivity contribution in [3.63, 3.8) is 0 Å². The van der Waals surface area contributed by atoms with Crippen molar-refractivity contribution in [1.29, 1.82) is 0 Å². The monoisotopic (exact) mass is 286 g/mol. The molecule has 2 aromatic rings. The molecule has 0 saturated heterocycles. The molecule has 4 nitrogen and oxygen atoms in total. The van der Waals surface area contributed by atoms with Gasteiger partial charge < -0.3 is 5.32 Å². The van der Waals surface area contributed by atoms with E-state index in [0.717, 1.165) is 25.2 Å². The van der Waals surface area contributed by atoms with Crippen LogP contribution >= 0.6 is 0 Å². The molecule has 0 aliphatic heterocycles. The SMILES string of the molecule is Cn1ncnc1CC(CNC(C)(C)C)Cc1ccccc1. The lowest BCUT2D eigenvalue weighted by Gasteiger charge is -2.25. The topological polar surface area (TPSA) is 42.7 Å². The smallest absolute Gasteiger partial charge is 0.138 e. The molecule has 0 radical (unpaired) electrons. The van der Waals surface area contributed by atoms with E-state index in [2.05, 4.69) is 66.5 Å². The largest absolute Gasteiger partial charge is 0.312 e. The van der Waals surface area contributed by atoms with Gasteiger partial charge in [-0.3, -0.25) is 4.68 Å². The molecule has 0 aliphatic carbocycles. The highest BCUT2D eigenvalue weighted by molar-refractivity contribution is 5.15. The number of rotatable bonds is 6. The predicted octanol–water partition coefficient (Wildman–Crippen LogP) is 2.60. The van der Waals surface area contributed by atoms with Crippen molar-refractivity contribution in [3.8, 4) is 0 Å². The fourth-order valence-corrected chi connectivity index (χ4v) is 2.38. The zero-order valence-corrected chi connectivity index (χ0v) is 13.5. The molecule has 1 atom stereocenters. The molecule has 4 heteroatoms. The molecule has 0 spiro atoms. The van der Waals surface area contributed by atoms with Gasteiger partial charge in [-0.1, -0.05) is 30.3 Å².